The molecule has 0 aromatic heterocycles. The second-order valence-electron chi connectivity index (χ2n) is 8.85. The van der Waals surface area contributed by atoms with Crippen molar-refractivity contribution in [2.24, 2.45) is 0 Å². The van der Waals surface area contributed by atoms with E-state index in [1.54, 1.807) is 43.3 Å². The first-order chi connectivity index (χ1) is 16.9. The van der Waals surface area contributed by atoms with Crippen LogP contribution in [0.4, 0.5) is 11.4 Å². The molecule has 198 valence electrons. The largest absolute Gasteiger partial charge is 0.495 e. The van der Waals surface area contributed by atoms with E-state index in [1.165, 1.54) is 21.8 Å². The summed E-state index contributed by atoms with van der Waals surface area (Å²) in [5.74, 6) is 0.0800. The highest BCUT2D eigenvalue weighted by atomic mass is 32.2. The molecule has 1 fully saturated rings. The fourth-order valence-electron chi connectivity index (χ4n) is 4.03. The Morgan fingerprint density at radius 3 is 2.36 bits per heavy atom. The monoisotopic (exact) mass is 538 g/mol. The first-order valence-electron chi connectivity index (χ1n) is 11.6. The molecule has 2 aromatic rings. The summed E-state index contributed by atoms with van der Waals surface area (Å²) in [5, 5.41) is 2.74. The lowest BCUT2D eigenvalue weighted by molar-refractivity contribution is -0.116. The first kappa shape index (κ1) is 27.9. The molecule has 1 aliphatic heterocycles. The van der Waals surface area contributed by atoms with E-state index in [2.05, 4.69) is 10.2 Å². The van der Waals surface area contributed by atoms with Gasteiger partial charge in [-0.3, -0.25) is 9.10 Å². The van der Waals surface area contributed by atoms with E-state index in [1.807, 2.05) is 7.05 Å². The van der Waals surface area contributed by atoms with Crippen molar-refractivity contribution in [2.45, 2.75) is 24.7 Å². The van der Waals surface area contributed by atoms with Crippen LogP contribution in [-0.2, 0) is 24.8 Å². The van der Waals surface area contributed by atoms with Crippen LogP contribution in [-0.4, -0.2) is 85.1 Å². The van der Waals surface area contributed by atoms with Gasteiger partial charge in [-0.1, -0.05) is 18.2 Å². The molecule has 1 amide bonds. The molecule has 10 nitrogen and oxygen atoms in total. The van der Waals surface area contributed by atoms with Gasteiger partial charge in [0.05, 0.1) is 23.9 Å². The number of benzene rings is 2. The third-order valence-electron chi connectivity index (χ3n) is 6.07. The second kappa shape index (κ2) is 11.6. The Kier molecular flexibility index (Phi) is 8.98. The number of methoxy groups -OCH3 is 1. The lowest BCUT2D eigenvalue weighted by atomic mass is 10.2. The number of sulfonamides is 2. The van der Waals surface area contributed by atoms with Gasteiger partial charge in [0.1, 0.15) is 5.75 Å². The molecule has 3 rings (SSSR count). The van der Waals surface area contributed by atoms with Crippen LogP contribution < -0.4 is 14.4 Å². The number of likely N-dealkylation sites (N-methyl/N-ethyl adjacent to an activating group) is 1. The van der Waals surface area contributed by atoms with E-state index in [4.69, 9.17) is 4.74 Å². The SMILES string of the molecule is COc1ccccc1N(CCCC(=O)Nc1ccc(C)c(S(=O)(=O)N2CCN(C)CC2)c1)S(C)(=O)=O. The van der Waals surface area contributed by atoms with Crippen LogP contribution in [0.15, 0.2) is 47.4 Å². The summed E-state index contributed by atoms with van der Waals surface area (Å²) in [4.78, 5) is 14.9. The van der Waals surface area contributed by atoms with Gasteiger partial charge >= 0.3 is 0 Å². The molecule has 12 heteroatoms. The van der Waals surface area contributed by atoms with E-state index in [9.17, 15) is 21.6 Å². The van der Waals surface area contributed by atoms with Crippen molar-refractivity contribution < 1.29 is 26.4 Å². The van der Waals surface area contributed by atoms with Crippen molar-refractivity contribution in [1.82, 2.24) is 9.21 Å². The smallest absolute Gasteiger partial charge is 0.243 e. The Hall–Kier alpha value is -2.67. The standard InChI is InChI=1S/C24H34N4O6S2/c1-19-11-12-20(18-23(19)36(32,33)27-16-14-26(2)15-17-27)25-24(29)10-7-13-28(35(4,30)31)21-8-5-6-9-22(21)34-3/h5-6,8-9,11-12,18H,7,10,13-17H2,1-4H3,(H,25,29). The summed E-state index contributed by atoms with van der Waals surface area (Å²) in [6.45, 7) is 3.97. The normalized spacial score (nSPS) is 15.4. The van der Waals surface area contributed by atoms with E-state index in [0.29, 0.717) is 48.9 Å². The number of aryl methyl sites for hydroxylation is 1. The molecule has 1 heterocycles. The Morgan fingerprint density at radius 2 is 1.72 bits per heavy atom. The molecular formula is C24H34N4O6S2. The molecule has 0 atom stereocenters. The Labute approximate surface area is 213 Å². The van der Waals surface area contributed by atoms with Gasteiger partial charge in [0.2, 0.25) is 26.0 Å². The van der Waals surface area contributed by atoms with Crippen molar-refractivity contribution in [3.05, 3.63) is 48.0 Å². The maximum absolute atomic E-state index is 13.2. The van der Waals surface area contributed by atoms with Crippen molar-refractivity contribution in [3.8, 4) is 5.75 Å². The average molecular weight is 539 g/mol. The zero-order valence-electron chi connectivity index (χ0n) is 21.1. The molecule has 0 unspecified atom stereocenters. The summed E-state index contributed by atoms with van der Waals surface area (Å²) < 4.78 is 59.1. The number of para-hydroxylation sites is 2. The second-order valence-corrected chi connectivity index (χ2v) is 12.7. The van der Waals surface area contributed by atoms with Crippen molar-refractivity contribution in [2.75, 3.05) is 62.8 Å². The maximum atomic E-state index is 13.2. The van der Waals surface area contributed by atoms with Gasteiger partial charge in [-0.25, -0.2) is 16.8 Å². The highest BCUT2D eigenvalue weighted by Crippen LogP contribution is 2.30. The lowest BCUT2D eigenvalue weighted by Crippen LogP contribution is -2.47. The minimum absolute atomic E-state index is 0.0512. The van der Waals surface area contributed by atoms with Gasteiger partial charge in [0.15, 0.2) is 0 Å². The van der Waals surface area contributed by atoms with Crippen molar-refractivity contribution in [3.63, 3.8) is 0 Å². The van der Waals surface area contributed by atoms with Crippen molar-refractivity contribution >= 4 is 37.3 Å². The van der Waals surface area contributed by atoms with E-state index >= 15 is 0 Å². The zero-order chi connectivity index (χ0) is 26.5. The molecule has 0 saturated carbocycles. The minimum Gasteiger partial charge on any atom is -0.495 e. The molecule has 36 heavy (non-hydrogen) atoms. The molecule has 0 aliphatic carbocycles. The predicted octanol–water partition coefficient (Wildman–Crippen LogP) is 2.12. The summed E-state index contributed by atoms with van der Waals surface area (Å²) in [7, 11) is -3.87. The first-order valence-corrected chi connectivity index (χ1v) is 14.9. The highest BCUT2D eigenvalue weighted by Gasteiger charge is 2.29. The van der Waals surface area contributed by atoms with E-state index in [0.717, 1.165) is 6.26 Å². The molecule has 2 aromatic carbocycles. The molecule has 1 N–H and O–H groups in total. The summed E-state index contributed by atoms with van der Waals surface area (Å²) in [6, 6.07) is 11.6. The van der Waals surface area contributed by atoms with Crippen LogP contribution in [0, 0.1) is 6.92 Å². The molecule has 0 radical (unpaired) electrons. The average Bonchev–Trinajstić information content (AvgIpc) is 2.82. The van der Waals surface area contributed by atoms with Crippen LogP contribution >= 0.6 is 0 Å². The van der Waals surface area contributed by atoms with Gasteiger partial charge in [0, 0.05) is 44.8 Å². The number of anilines is 2. The number of hydrogen-bond donors (Lipinski definition) is 1. The predicted molar refractivity (Wildman–Crippen MR) is 140 cm³/mol. The third kappa shape index (κ3) is 6.75. The van der Waals surface area contributed by atoms with Crippen LogP contribution in [0.2, 0.25) is 0 Å². The third-order valence-corrected chi connectivity index (χ3v) is 9.29. The fourth-order valence-corrected chi connectivity index (χ4v) is 6.67. The number of carbonyl (C=O) groups is 1. The molecule has 1 saturated heterocycles. The fraction of sp³-hybridized carbons (Fsp3) is 0.458. The Morgan fingerprint density at radius 1 is 1.06 bits per heavy atom. The summed E-state index contributed by atoms with van der Waals surface area (Å²) >= 11 is 0. The topological polar surface area (TPSA) is 116 Å². The Bertz CT molecular complexity index is 1290. The number of nitrogens with one attached hydrogen (secondary N) is 1. The van der Waals surface area contributed by atoms with Gasteiger partial charge < -0.3 is 15.0 Å². The summed E-state index contributed by atoms with van der Waals surface area (Å²) in [5.41, 5.74) is 1.38. The van der Waals surface area contributed by atoms with Crippen LogP contribution in [0.1, 0.15) is 18.4 Å². The van der Waals surface area contributed by atoms with Gasteiger partial charge in [-0.2, -0.15) is 4.31 Å². The number of nitrogens with zero attached hydrogens (tertiary/aromatic N) is 3. The molecule has 0 bridgehead atoms. The van der Waals surface area contributed by atoms with Gasteiger partial charge in [-0.15, -0.1) is 0 Å². The van der Waals surface area contributed by atoms with Crippen LogP contribution in [0.25, 0.3) is 0 Å². The van der Waals surface area contributed by atoms with E-state index < -0.39 is 20.0 Å². The highest BCUT2D eigenvalue weighted by molar-refractivity contribution is 7.92. The number of rotatable bonds is 10. The number of amides is 1. The number of ether oxygens (including phenoxy) is 1. The van der Waals surface area contributed by atoms with Crippen LogP contribution in [0.3, 0.4) is 0 Å². The van der Waals surface area contributed by atoms with Crippen molar-refractivity contribution in [1.29, 1.82) is 0 Å². The Balaban J connectivity index is 1.67. The maximum Gasteiger partial charge on any atom is 0.243 e. The number of carbonyl (C=O) groups excluding carboxylic acids is 1. The molecule has 0 spiro atoms. The van der Waals surface area contributed by atoms with Gasteiger partial charge in [-0.05, 0) is 50.2 Å². The summed E-state index contributed by atoms with van der Waals surface area (Å²) in [6.07, 6.45) is 1.42. The molecular weight excluding hydrogens is 504 g/mol. The number of piperazine rings is 1. The van der Waals surface area contributed by atoms with E-state index in [-0.39, 0.29) is 30.2 Å². The number of hydrogen-bond acceptors (Lipinski definition) is 7. The van der Waals surface area contributed by atoms with Crippen LogP contribution in [0.5, 0.6) is 5.75 Å². The van der Waals surface area contributed by atoms with Gasteiger partial charge in [0.25, 0.3) is 0 Å². The molecule has 1 aliphatic rings. The minimum atomic E-state index is -3.69. The zero-order valence-corrected chi connectivity index (χ0v) is 22.7. The quantitative estimate of drug-likeness (QED) is 0.493. The lowest BCUT2D eigenvalue weighted by Gasteiger charge is -2.32.